The molecule has 0 spiro atoms. The second-order valence-corrected chi connectivity index (χ2v) is 4.98. The van der Waals surface area contributed by atoms with Gasteiger partial charge in [0.1, 0.15) is 0 Å². The molecule has 1 amide bonds. The first-order chi connectivity index (χ1) is 10.4. The Bertz CT molecular complexity index is 544. The van der Waals surface area contributed by atoms with E-state index in [4.69, 9.17) is 5.11 Å². The van der Waals surface area contributed by atoms with Crippen LogP contribution in [0.3, 0.4) is 0 Å². The number of non-ortho nitro benzene ring substituents is 1. The van der Waals surface area contributed by atoms with Crippen molar-refractivity contribution in [3.8, 4) is 0 Å². The molecule has 0 saturated heterocycles. The number of nitrogens with zero attached hydrogens (tertiary/aromatic N) is 1. The number of carboxylic acid groups (broad SMARTS) is 1. The summed E-state index contributed by atoms with van der Waals surface area (Å²) in [7, 11) is 0. The number of carbonyl (C=O) groups excluding carboxylic acids is 1. The molecule has 0 aliphatic rings. The van der Waals surface area contributed by atoms with Crippen LogP contribution in [0.1, 0.15) is 50.6 Å². The third kappa shape index (κ3) is 5.90. The van der Waals surface area contributed by atoms with Gasteiger partial charge in [-0.25, -0.2) is 0 Å². The number of aliphatic carboxylic acids is 1. The molecule has 0 radical (unpaired) electrons. The minimum absolute atomic E-state index is 0.00772. The first-order valence-corrected chi connectivity index (χ1v) is 7.19. The van der Waals surface area contributed by atoms with E-state index in [-0.39, 0.29) is 30.5 Å². The standard InChI is InChI=1S/C15H20N2O5/c1-2-13(11-6-5-7-12(10-11)17(21)22)16-14(18)8-3-4-9-15(19)20/h5-7,10,13H,2-4,8-9H2,1H3,(H,16,18)(H,19,20). The quantitative estimate of drug-likeness (QED) is 0.414. The highest BCUT2D eigenvalue weighted by atomic mass is 16.6. The maximum absolute atomic E-state index is 11.9. The molecule has 0 aliphatic heterocycles. The number of rotatable bonds is 9. The molecule has 0 aliphatic carbocycles. The lowest BCUT2D eigenvalue weighted by atomic mass is 10.0. The Balaban J connectivity index is 2.57. The number of hydrogen-bond acceptors (Lipinski definition) is 4. The van der Waals surface area contributed by atoms with E-state index in [1.54, 1.807) is 12.1 Å². The van der Waals surface area contributed by atoms with Crippen molar-refractivity contribution in [3.05, 3.63) is 39.9 Å². The van der Waals surface area contributed by atoms with Gasteiger partial charge in [-0.2, -0.15) is 0 Å². The highest BCUT2D eigenvalue weighted by molar-refractivity contribution is 5.76. The van der Waals surface area contributed by atoms with E-state index in [0.717, 1.165) is 0 Å². The van der Waals surface area contributed by atoms with Crippen LogP contribution in [0.2, 0.25) is 0 Å². The fraction of sp³-hybridized carbons (Fsp3) is 0.467. The lowest BCUT2D eigenvalue weighted by Crippen LogP contribution is -2.27. The van der Waals surface area contributed by atoms with Gasteiger partial charge >= 0.3 is 5.97 Å². The predicted molar refractivity (Wildman–Crippen MR) is 80.4 cm³/mol. The van der Waals surface area contributed by atoms with E-state index in [1.807, 2.05) is 6.92 Å². The van der Waals surface area contributed by atoms with Crippen molar-refractivity contribution in [1.29, 1.82) is 0 Å². The molecule has 0 heterocycles. The number of unbranched alkanes of at least 4 members (excludes halogenated alkanes) is 1. The normalized spacial score (nSPS) is 11.7. The Morgan fingerprint density at radius 3 is 2.59 bits per heavy atom. The molecule has 7 heteroatoms. The van der Waals surface area contributed by atoms with Gasteiger partial charge in [0.15, 0.2) is 0 Å². The lowest BCUT2D eigenvalue weighted by Gasteiger charge is -2.17. The van der Waals surface area contributed by atoms with Crippen LogP contribution in [0.25, 0.3) is 0 Å². The minimum Gasteiger partial charge on any atom is -0.481 e. The first kappa shape index (κ1) is 17.6. The molecule has 22 heavy (non-hydrogen) atoms. The topological polar surface area (TPSA) is 110 Å². The second-order valence-electron chi connectivity index (χ2n) is 4.98. The molecule has 0 saturated carbocycles. The molecule has 0 aromatic heterocycles. The first-order valence-electron chi connectivity index (χ1n) is 7.19. The highest BCUT2D eigenvalue weighted by Gasteiger charge is 2.15. The van der Waals surface area contributed by atoms with Crippen molar-refractivity contribution in [2.24, 2.45) is 0 Å². The molecule has 120 valence electrons. The van der Waals surface area contributed by atoms with Crippen LogP contribution in [0.15, 0.2) is 24.3 Å². The summed E-state index contributed by atoms with van der Waals surface area (Å²) in [6.45, 7) is 1.88. The van der Waals surface area contributed by atoms with E-state index < -0.39 is 10.9 Å². The van der Waals surface area contributed by atoms with Crippen LogP contribution in [-0.4, -0.2) is 21.9 Å². The number of nitro groups is 1. The lowest BCUT2D eigenvalue weighted by molar-refractivity contribution is -0.384. The van der Waals surface area contributed by atoms with Gasteiger partial charge in [-0.05, 0) is 24.8 Å². The SMILES string of the molecule is CCC(NC(=O)CCCCC(=O)O)c1cccc([N+](=O)[O-])c1. The summed E-state index contributed by atoms with van der Waals surface area (Å²) in [5.74, 6) is -1.05. The zero-order valence-corrected chi connectivity index (χ0v) is 12.4. The van der Waals surface area contributed by atoms with Gasteiger partial charge in [0.25, 0.3) is 5.69 Å². The summed E-state index contributed by atoms with van der Waals surface area (Å²) >= 11 is 0. The van der Waals surface area contributed by atoms with Crippen molar-refractivity contribution in [2.45, 2.75) is 45.1 Å². The van der Waals surface area contributed by atoms with Gasteiger partial charge in [0, 0.05) is 25.0 Å². The van der Waals surface area contributed by atoms with Gasteiger partial charge in [0.05, 0.1) is 11.0 Å². The van der Waals surface area contributed by atoms with E-state index in [0.29, 0.717) is 24.8 Å². The number of hydrogen-bond donors (Lipinski definition) is 2. The number of carbonyl (C=O) groups is 2. The van der Waals surface area contributed by atoms with Gasteiger partial charge in [0.2, 0.25) is 5.91 Å². The van der Waals surface area contributed by atoms with E-state index in [9.17, 15) is 19.7 Å². The molecular formula is C15H20N2O5. The molecule has 1 aromatic rings. The molecule has 1 aromatic carbocycles. The summed E-state index contributed by atoms with van der Waals surface area (Å²) < 4.78 is 0. The van der Waals surface area contributed by atoms with Crippen molar-refractivity contribution in [2.75, 3.05) is 0 Å². The summed E-state index contributed by atoms with van der Waals surface area (Å²) in [4.78, 5) is 32.6. The van der Waals surface area contributed by atoms with Crippen molar-refractivity contribution in [3.63, 3.8) is 0 Å². The van der Waals surface area contributed by atoms with Crippen LogP contribution < -0.4 is 5.32 Å². The van der Waals surface area contributed by atoms with Gasteiger partial charge in [-0.1, -0.05) is 19.1 Å². The Labute approximate surface area is 128 Å². The van der Waals surface area contributed by atoms with Crippen LogP contribution in [0.4, 0.5) is 5.69 Å². The number of nitro benzene ring substituents is 1. The monoisotopic (exact) mass is 308 g/mol. The summed E-state index contributed by atoms with van der Waals surface area (Å²) in [5, 5.41) is 22.1. The third-order valence-electron chi connectivity index (χ3n) is 3.27. The Morgan fingerprint density at radius 2 is 2.00 bits per heavy atom. The summed E-state index contributed by atoms with van der Waals surface area (Å²) in [5.41, 5.74) is 0.683. The Morgan fingerprint density at radius 1 is 1.32 bits per heavy atom. The Hall–Kier alpha value is -2.44. The van der Waals surface area contributed by atoms with Crippen LogP contribution in [0.5, 0.6) is 0 Å². The van der Waals surface area contributed by atoms with E-state index >= 15 is 0 Å². The Kier molecular flexibility index (Phi) is 7.01. The van der Waals surface area contributed by atoms with Crippen LogP contribution in [-0.2, 0) is 9.59 Å². The molecule has 7 nitrogen and oxygen atoms in total. The summed E-state index contributed by atoms with van der Waals surface area (Å²) in [6.07, 6.45) is 1.87. The van der Waals surface area contributed by atoms with E-state index in [1.165, 1.54) is 12.1 Å². The average molecular weight is 308 g/mol. The molecule has 2 N–H and O–H groups in total. The maximum atomic E-state index is 11.9. The maximum Gasteiger partial charge on any atom is 0.303 e. The fourth-order valence-corrected chi connectivity index (χ4v) is 2.10. The molecule has 1 atom stereocenters. The number of nitrogens with one attached hydrogen (secondary N) is 1. The van der Waals surface area contributed by atoms with Crippen LogP contribution in [0, 0.1) is 10.1 Å². The fourth-order valence-electron chi connectivity index (χ4n) is 2.10. The second kappa shape index (κ2) is 8.76. The predicted octanol–water partition coefficient (Wildman–Crippen LogP) is 2.81. The molecule has 0 fully saturated rings. The van der Waals surface area contributed by atoms with E-state index in [2.05, 4.69) is 5.32 Å². The highest BCUT2D eigenvalue weighted by Crippen LogP contribution is 2.21. The minimum atomic E-state index is -0.872. The number of carboxylic acids is 1. The zero-order chi connectivity index (χ0) is 16.5. The largest absolute Gasteiger partial charge is 0.481 e. The van der Waals surface area contributed by atoms with Crippen molar-refractivity contribution < 1.29 is 19.6 Å². The summed E-state index contributed by atoms with van der Waals surface area (Å²) in [6, 6.07) is 5.91. The van der Waals surface area contributed by atoms with Gasteiger partial charge in [-0.15, -0.1) is 0 Å². The van der Waals surface area contributed by atoms with Crippen molar-refractivity contribution in [1.82, 2.24) is 5.32 Å². The molecular weight excluding hydrogens is 288 g/mol. The average Bonchev–Trinajstić information content (AvgIpc) is 2.49. The molecule has 1 rings (SSSR count). The molecule has 0 bridgehead atoms. The van der Waals surface area contributed by atoms with Crippen LogP contribution >= 0.6 is 0 Å². The van der Waals surface area contributed by atoms with Gasteiger partial charge in [-0.3, -0.25) is 19.7 Å². The van der Waals surface area contributed by atoms with Gasteiger partial charge < -0.3 is 10.4 Å². The third-order valence-corrected chi connectivity index (χ3v) is 3.27. The smallest absolute Gasteiger partial charge is 0.303 e. The molecule has 1 unspecified atom stereocenters. The zero-order valence-electron chi connectivity index (χ0n) is 12.4. The van der Waals surface area contributed by atoms with Crippen molar-refractivity contribution >= 4 is 17.6 Å². The number of amides is 1. The number of benzene rings is 1.